The molecule has 0 fully saturated rings. The minimum absolute atomic E-state index is 0.0724. The highest BCUT2D eigenvalue weighted by atomic mass is 32.2. The number of rotatable bonds is 8. The van der Waals surface area contributed by atoms with E-state index in [1.165, 1.54) is 14.2 Å². The molecule has 0 aromatic rings. The van der Waals surface area contributed by atoms with Crippen molar-refractivity contribution >= 4 is 15.9 Å². The largest absolute Gasteiger partial charge is 0.380 e. The third kappa shape index (κ3) is 6.72. The Kier molecular flexibility index (Phi) is 7.22. The number of ether oxygens (including phenoxy) is 1. The molecule has 1 atom stereocenters. The molecule has 0 aliphatic rings. The molecule has 0 saturated heterocycles. The highest BCUT2D eigenvalue weighted by Crippen LogP contribution is 1.94. The Hall–Kier alpha value is -0.700. The molecule has 1 unspecified atom stereocenters. The summed E-state index contributed by atoms with van der Waals surface area (Å²) in [6.07, 6.45) is -0.201. The standard InChI is InChI=1S/C8H19N3O4S/c1-10-16(13,14)4-3-11-8(12)5-7(6-9)15-2/h7,10H,3-6,9H2,1-2H3,(H,11,12). The van der Waals surface area contributed by atoms with Crippen molar-refractivity contribution in [2.24, 2.45) is 5.73 Å². The summed E-state index contributed by atoms with van der Waals surface area (Å²) in [5.74, 6) is -0.418. The van der Waals surface area contributed by atoms with Crippen LogP contribution in [0.25, 0.3) is 0 Å². The molecule has 0 heterocycles. The van der Waals surface area contributed by atoms with E-state index >= 15 is 0 Å². The molecule has 0 aromatic heterocycles. The normalized spacial score (nSPS) is 13.4. The van der Waals surface area contributed by atoms with Crippen molar-refractivity contribution < 1.29 is 17.9 Å². The lowest BCUT2D eigenvalue weighted by Gasteiger charge is -2.12. The first-order valence-corrected chi connectivity index (χ1v) is 6.51. The molecule has 7 nitrogen and oxygen atoms in total. The molecule has 0 bridgehead atoms. The van der Waals surface area contributed by atoms with Crippen LogP contribution in [0.2, 0.25) is 0 Å². The average Bonchev–Trinajstić information content (AvgIpc) is 2.25. The van der Waals surface area contributed by atoms with Gasteiger partial charge < -0.3 is 15.8 Å². The predicted octanol–water partition coefficient (Wildman–Crippen LogP) is -1.98. The first kappa shape index (κ1) is 15.3. The fourth-order valence-corrected chi connectivity index (χ4v) is 1.54. The first-order chi connectivity index (χ1) is 7.45. The van der Waals surface area contributed by atoms with Gasteiger partial charge in [0.2, 0.25) is 15.9 Å². The van der Waals surface area contributed by atoms with Crippen LogP contribution in [0.3, 0.4) is 0 Å². The maximum absolute atomic E-state index is 11.3. The number of methoxy groups -OCH3 is 1. The van der Waals surface area contributed by atoms with Crippen molar-refractivity contribution in [3.05, 3.63) is 0 Å². The van der Waals surface area contributed by atoms with Crippen LogP contribution in [-0.2, 0) is 19.6 Å². The lowest BCUT2D eigenvalue weighted by molar-refractivity contribution is -0.123. The Morgan fingerprint density at radius 2 is 2.12 bits per heavy atom. The zero-order valence-corrected chi connectivity index (χ0v) is 10.3. The smallest absolute Gasteiger partial charge is 0.222 e. The summed E-state index contributed by atoms with van der Waals surface area (Å²) >= 11 is 0. The number of carbonyl (C=O) groups excluding carboxylic acids is 1. The number of amides is 1. The molecule has 16 heavy (non-hydrogen) atoms. The van der Waals surface area contributed by atoms with Crippen LogP contribution < -0.4 is 15.8 Å². The minimum Gasteiger partial charge on any atom is -0.380 e. The van der Waals surface area contributed by atoms with Crippen molar-refractivity contribution in [3.63, 3.8) is 0 Å². The maximum Gasteiger partial charge on any atom is 0.222 e. The van der Waals surface area contributed by atoms with Crippen LogP contribution in [0, 0.1) is 0 Å². The Morgan fingerprint density at radius 1 is 1.50 bits per heavy atom. The van der Waals surface area contributed by atoms with Gasteiger partial charge in [0.05, 0.1) is 18.3 Å². The zero-order valence-electron chi connectivity index (χ0n) is 9.52. The van der Waals surface area contributed by atoms with Gasteiger partial charge in [-0.2, -0.15) is 0 Å². The van der Waals surface area contributed by atoms with Gasteiger partial charge in [0, 0.05) is 20.2 Å². The Morgan fingerprint density at radius 3 is 2.56 bits per heavy atom. The third-order valence-electron chi connectivity index (χ3n) is 2.01. The zero-order chi connectivity index (χ0) is 12.6. The Balaban J connectivity index is 3.82. The van der Waals surface area contributed by atoms with Crippen LogP contribution in [0.5, 0.6) is 0 Å². The third-order valence-corrected chi connectivity index (χ3v) is 3.38. The van der Waals surface area contributed by atoms with E-state index in [0.29, 0.717) is 0 Å². The molecule has 0 rings (SSSR count). The van der Waals surface area contributed by atoms with E-state index in [0.717, 1.165) is 0 Å². The molecular weight excluding hydrogens is 234 g/mol. The van der Waals surface area contributed by atoms with Crippen molar-refractivity contribution in [2.75, 3.05) is 33.0 Å². The Bertz CT molecular complexity index is 300. The summed E-state index contributed by atoms with van der Waals surface area (Å²) in [6, 6.07) is 0. The maximum atomic E-state index is 11.3. The molecule has 0 aromatic carbocycles. The van der Waals surface area contributed by atoms with Gasteiger partial charge in [-0.1, -0.05) is 0 Å². The van der Waals surface area contributed by atoms with E-state index in [1.54, 1.807) is 0 Å². The molecule has 0 aliphatic carbocycles. The molecule has 8 heteroatoms. The molecule has 4 N–H and O–H groups in total. The first-order valence-electron chi connectivity index (χ1n) is 4.86. The molecule has 1 amide bonds. The van der Waals surface area contributed by atoms with E-state index in [1.807, 2.05) is 0 Å². The second kappa shape index (κ2) is 7.55. The van der Waals surface area contributed by atoms with Gasteiger partial charge in [-0.05, 0) is 7.05 Å². The summed E-state index contributed by atoms with van der Waals surface area (Å²) in [5, 5.41) is 2.48. The van der Waals surface area contributed by atoms with Gasteiger partial charge in [-0.15, -0.1) is 0 Å². The lowest BCUT2D eigenvalue weighted by Crippen LogP contribution is -2.36. The number of sulfonamides is 1. The molecule has 96 valence electrons. The van der Waals surface area contributed by atoms with Gasteiger partial charge >= 0.3 is 0 Å². The number of hydrogen-bond donors (Lipinski definition) is 3. The average molecular weight is 253 g/mol. The van der Waals surface area contributed by atoms with Gasteiger partial charge in [0.15, 0.2) is 0 Å². The number of hydrogen-bond acceptors (Lipinski definition) is 5. The predicted molar refractivity (Wildman–Crippen MR) is 60.3 cm³/mol. The van der Waals surface area contributed by atoms with E-state index in [-0.39, 0.29) is 37.3 Å². The van der Waals surface area contributed by atoms with Crippen LogP contribution >= 0.6 is 0 Å². The highest BCUT2D eigenvalue weighted by molar-refractivity contribution is 7.89. The van der Waals surface area contributed by atoms with Crippen molar-refractivity contribution in [1.29, 1.82) is 0 Å². The molecule has 0 saturated carbocycles. The fourth-order valence-electron chi connectivity index (χ4n) is 0.969. The van der Waals surface area contributed by atoms with E-state index in [9.17, 15) is 13.2 Å². The highest BCUT2D eigenvalue weighted by Gasteiger charge is 2.12. The quantitative estimate of drug-likeness (QED) is 0.464. The van der Waals surface area contributed by atoms with Crippen molar-refractivity contribution in [3.8, 4) is 0 Å². The van der Waals surface area contributed by atoms with Gasteiger partial charge in [-0.25, -0.2) is 13.1 Å². The fraction of sp³-hybridized carbons (Fsp3) is 0.875. The second-order valence-corrected chi connectivity index (χ2v) is 5.22. The number of nitrogens with one attached hydrogen (secondary N) is 2. The molecular formula is C8H19N3O4S. The molecule has 0 aliphatic heterocycles. The van der Waals surface area contributed by atoms with Gasteiger partial charge in [0.1, 0.15) is 0 Å². The number of carbonyl (C=O) groups is 1. The van der Waals surface area contributed by atoms with Crippen molar-refractivity contribution in [1.82, 2.24) is 10.0 Å². The molecule has 0 radical (unpaired) electrons. The number of nitrogens with two attached hydrogens (primary N) is 1. The Labute approximate surface area is 95.8 Å². The summed E-state index contributed by atoms with van der Waals surface area (Å²) in [7, 11) is -0.481. The summed E-state index contributed by atoms with van der Waals surface area (Å²) in [5.41, 5.74) is 5.34. The van der Waals surface area contributed by atoms with Crippen molar-refractivity contribution in [2.45, 2.75) is 12.5 Å². The minimum atomic E-state index is -3.28. The summed E-state index contributed by atoms with van der Waals surface area (Å²) < 4.78 is 29.1. The molecule has 0 spiro atoms. The van der Waals surface area contributed by atoms with Gasteiger partial charge in [0.25, 0.3) is 0 Å². The SMILES string of the molecule is CNS(=O)(=O)CCNC(=O)CC(CN)OC. The van der Waals surface area contributed by atoms with E-state index < -0.39 is 10.0 Å². The monoisotopic (exact) mass is 253 g/mol. The summed E-state index contributed by atoms with van der Waals surface area (Å²) in [4.78, 5) is 11.3. The van der Waals surface area contributed by atoms with E-state index in [2.05, 4.69) is 10.0 Å². The summed E-state index contributed by atoms with van der Waals surface area (Å²) in [6.45, 7) is 0.321. The van der Waals surface area contributed by atoms with Crippen LogP contribution in [0.4, 0.5) is 0 Å². The van der Waals surface area contributed by atoms with Crippen LogP contribution in [0.1, 0.15) is 6.42 Å². The van der Waals surface area contributed by atoms with Crippen LogP contribution in [-0.4, -0.2) is 53.4 Å². The second-order valence-electron chi connectivity index (χ2n) is 3.17. The van der Waals surface area contributed by atoms with Gasteiger partial charge in [-0.3, -0.25) is 4.79 Å². The topological polar surface area (TPSA) is 111 Å². The van der Waals surface area contributed by atoms with E-state index in [4.69, 9.17) is 10.5 Å². The lowest BCUT2D eigenvalue weighted by atomic mass is 10.2. The van der Waals surface area contributed by atoms with Crippen LogP contribution in [0.15, 0.2) is 0 Å².